The Balaban J connectivity index is 3.18. The summed E-state index contributed by atoms with van der Waals surface area (Å²) >= 11 is 0. The van der Waals surface area contributed by atoms with Crippen LogP contribution in [0.3, 0.4) is 0 Å². The van der Waals surface area contributed by atoms with Gasteiger partial charge in [0.05, 0.1) is 7.11 Å². The molecule has 7 nitrogen and oxygen atoms in total. The van der Waals surface area contributed by atoms with Crippen LogP contribution >= 0.6 is 0 Å². The van der Waals surface area contributed by atoms with Crippen LogP contribution in [0.2, 0.25) is 0 Å². The third-order valence-electron chi connectivity index (χ3n) is 1.96. The highest BCUT2D eigenvalue weighted by Gasteiger charge is 2.12. The Morgan fingerprint density at radius 3 is 1.44 bits per heavy atom. The van der Waals surface area contributed by atoms with Gasteiger partial charge in [0, 0.05) is 35.2 Å². The van der Waals surface area contributed by atoms with E-state index in [1.54, 1.807) is 14.2 Å². The third-order valence-corrected chi connectivity index (χ3v) is 1.96. The molecule has 1 rings (SSSR count). The smallest absolute Gasteiger partial charge is 0.256 e. The Hall–Kier alpha value is -1.63. The summed E-state index contributed by atoms with van der Waals surface area (Å²) in [5.74, 6) is 1.67. The molecular weight excluding hydrogens is 208 g/mol. The van der Waals surface area contributed by atoms with Crippen molar-refractivity contribution in [3.8, 4) is 0 Å². The van der Waals surface area contributed by atoms with Crippen molar-refractivity contribution in [2.75, 3.05) is 57.2 Å². The third kappa shape index (κ3) is 2.69. The molecule has 0 N–H and O–H groups in total. The van der Waals surface area contributed by atoms with Gasteiger partial charge in [0.15, 0.2) is 0 Å². The number of hydroxylamine groups is 1. The lowest BCUT2D eigenvalue weighted by Gasteiger charge is -2.19. The number of rotatable bonds is 4. The average molecular weight is 226 g/mol. The minimum absolute atomic E-state index is 0.477. The number of hydrogen-bond donors (Lipinski definition) is 0. The van der Waals surface area contributed by atoms with E-state index < -0.39 is 0 Å². The molecule has 0 atom stereocenters. The lowest BCUT2D eigenvalue weighted by atomic mass is 10.7. The molecule has 0 aliphatic rings. The molecule has 0 radical (unpaired) electrons. The van der Waals surface area contributed by atoms with Crippen LogP contribution in [-0.4, -0.2) is 57.3 Å². The minimum atomic E-state index is 0.477. The van der Waals surface area contributed by atoms with Gasteiger partial charge in [-0.1, -0.05) is 0 Å². The van der Waals surface area contributed by atoms with Gasteiger partial charge in [-0.05, 0) is 0 Å². The van der Waals surface area contributed by atoms with Crippen molar-refractivity contribution in [1.29, 1.82) is 0 Å². The molecule has 1 aromatic rings. The van der Waals surface area contributed by atoms with E-state index in [9.17, 15) is 0 Å². The summed E-state index contributed by atoms with van der Waals surface area (Å²) in [4.78, 5) is 21.5. The van der Waals surface area contributed by atoms with Crippen LogP contribution in [0.1, 0.15) is 0 Å². The van der Waals surface area contributed by atoms with Crippen LogP contribution in [0, 0.1) is 0 Å². The molecule has 0 saturated heterocycles. The molecule has 1 aromatic heterocycles. The summed E-state index contributed by atoms with van der Waals surface area (Å²) in [5, 5.41) is 1.49. The highest BCUT2D eigenvalue weighted by molar-refractivity contribution is 5.43. The Kier molecular flexibility index (Phi) is 3.83. The second kappa shape index (κ2) is 4.93. The fraction of sp³-hybridized carbons (Fsp3) is 0.667. The normalized spacial score (nSPS) is 10.1. The topological polar surface area (TPSA) is 57.6 Å². The van der Waals surface area contributed by atoms with E-state index >= 15 is 0 Å². The van der Waals surface area contributed by atoms with E-state index in [4.69, 9.17) is 4.84 Å². The van der Waals surface area contributed by atoms with Gasteiger partial charge in [-0.15, -0.1) is 0 Å². The minimum Gasteiger partial charge on any atom is -0.347 e. The van der Waals surface area contributed by atoms with E-state index in [0.717, 1.165) is 0 Å². The molecule has 1 heterocycles. The fourth-order valence-corrected chi connectivity index (χ4v) is 0.966. The maximum atomic E-state index is 5.05. The first kappa shape index (κ1) is 12.4. The number of hydrogen-bond acceptors (Lipinski definition) is 7. The SMILES string of the molecule is CON(C)c1nc(N(C)C)nc(N(C)C)n1. The van der Waals surface area contributed by atoms with E-state index in [1.165, 1.54) is 5.06 Å². The van der Waals surface area contributed by atoms with E-state index in [2.05, 4.69) is 15.0 Å². The Labute approximate surface area is 95.6 Å². The lowest BCUT2D eigenvalue weighted by Crippen LogP contribution is -2.24. The Morgan fingerprint density at radius 1 is 0.750 bits per heavy atom. The average Bonchev–Trinajstić information content (AvgIpc) is 2.27. The van der Waals surface area contributed by atoms with Gasteiger partial charge in [0.2, 0.25) is 11.9 Å². The van der Waals surface area contributed by atoms with Gasteiger partial charge < -0.3 is 9.80 Å². The van der Waals surface area contributed by atoms with Crippen molar-refractivity contribution in [3.05, 3.63) is 0 Å². The molecule has 7 heteroatoms. The maximum absolute atomic E-state index is 5.05. The molecule has 16 heavy (non-hydrogen) atoms. The highest BCUT2D eigenvalue weighted by atomic mass is 16.7. The highest BCUT2D eigenvalue weighted by Crippen LogP contribution is 2.15. The molecule has 0 bridgehead atoms. The van der Waals surface area contributed by atoms with E-state index in [0.29, 0.717) is 17.8 Å². The Morgan fingerprint density at radius 2 is 1.12 bits per heavy atom. The van der Waals surface area contributed by atoms with Crippen LogP contribution in [0.4, 0.5) is 17.8 Å². The zero-order valence-corrected chi connectivity index (χ0v) is 10.6. The van der Waals surface area contributed by atoms with Crippen LogP contribution in [0.15, 0.2) is 0 Å². The molecule has 0 aromatic carbocycles. The predicted molar refractivity (Wildman–Crippen MR) is 63.9 cm³/mol. The van der Waals surface area contributed by atoms with Gasteiger partial charge in [0.1, 0.15) is 0 Å². The van der Waals surface area contributed by atoms with Gasteiger partial charge in [-0.3, -0.25) is 4.84 Å². The predicted octanol–water partition coefficient (Wildman–Crippen LogP) is 0.00120. The summed E-state index contributed by atoms with van der Waals surface area (Å²) in [6.07, 6.45) is 0. The molecule has 0 aliphatic heterocycles. The molecule has 0 saturated carbocycles. The fourth-order valence-electron chi connectivity index (χ4n) is 0.966. The van der Waals surface area contributed by atoms with Crippen molar-refractivity contribution in [2.45, 2.75) is 0 Å². The van der Waals surface area contributed by atoms with Crippen molar-refractivity contribution in [1.82, 2.24) is 15.0 Å². The Bertz CT molecular complexity index is 328. The first-order valence-corrected chi connectivity index (χ1v) is 4.84. The molecule has 0 spiro atoms. The standard InChI is InChI=1S/C9H18N6O/c1-13(2)7-10-8(14(3)4)12-9(11-7)15(5)16-6/h1-6H3. The molecule has 0 amide bonds. The first-order valence-electron chi connectivity index (χ1n) is 4.84. The summed E-state index contributed by atoms with van der Waals surface area (Å²) in [6.45, 7) is 0. The van der Waals surface area contributed by atoms with E-state index in [1.807, 2.05) is 38.0 Å². The first-order chi connectivity index (χ1) is 7.45. The van der Waals surface area contributed by atoms with Crippen molar-refractivity contribution in [2.24, 2.45) is 0 Å². The van der Waals surface area contributed by atoms with Crippen LogP contribution in [0.25, 0.3) is 0 Å². The van der Waals surface area contributed by atoms with Gasteiger partial charge in [0.25, 0.3) is 5.95 Å². The monoisotopic (exact) mass is 226 g/mol. The van der Waals surface area contributed by atoms with Gasteiger partial charge in [-0.2, -0.15) is 15.0 Å². The number of nitrogens with zero attached hydrogens (tertiary/aromatic N) is 6. The lowest BCUT2D eigenvalue weighted by molar-refractivity contribution is 0.180. The second-order valence-electron chi connectivity index (χ2n) is 3.70. The molecular formula is C9H18N6O. The van der Waals surface area contributed by atoms with E-state index in [-0.39, 0.29) is 0 Å². The quantitative estimate of drug-likeness (QED) is 0.670. The van der Waals surface area contributed by atoms with Gasteiger partial charge in [-0.25, -0.2) is 5.06 Å². The second-order valence-corrected chi connectivity index (χ2v) is 3.70. The van der Waals surface area contributed by atoms with Crippen molar-refractivity contribution in [3.63, 3.8) is 0 Å². The summed E-state index contributed by atoms with van der Waals surface area (Å²) in [6, 6.07) is 0. The zero-order valence-electron chi connectivity index (χ0n) is 10.6. The van der Waals surface area contributed by atoms with Crippen LogP contribution in [0.5, 0.6) is 0 Å². The largest absolute Gasteiger partial charge is 0.347 e. The summed E-state index contributed by atoms with van der Waals surface area (Å²) in [7, 11) is 10.8. The van der Waals surface area contributed by atoms with Crippen LogP contribution in [-0.2, 0) is 4.84 Å². The van der Waals surface area contributed by atoms with Crippen molar-refractivity contribution < 1.29 is 4.84 Å². The van der Waals surface area contributed by atoms with Crippen LogP contribution < -0.4 is 14.9 Å². The number of anilines is 3. The maximum Gasteiger partial charge on any atom is 0.256 e. The summed E-state index contributed by atoms with van der Waals surface area (Å²) in [5.41, 5.74) is 0. The summed E-state index contributed by atoms with van der Waals surface area (Å²) < 4.78 is 0. The molecule has 0 unspecified atom stereocenters. The molecule has 90 valence electrons. The van der Waals surface area contributed by atoms with Crippen molar-refractivity contribution >= 4 is 17.8 Å². The number of aromatic nitrogens is 3. The van der Waals surface area contributed by atoms with Gasteiger partial charge >= 0.3 is 0 Å². The zero-order chi connectivity index (χ0) is 12.3. The molecule has 0 aliphatic carbocycles. The molecule has 0 fully saturated rings.